The maximum Gasteiger partial charge on any atom is 0.303 e. The number of hydrogen-bond donors (Lipinski definition) is 3. The van der Waals surface area contributed by atoms with Gasteiger partial charge in [0.1, 0.15) is 12.2 Å². The van der Waals surface area contributed by atoms with Crippen molar-refractivity contribution in [1.29, 1.82) is 0 Å². The Hall–Kier alpha value is -1.50. The highest BCUT2D eigenvalue weighted by Crippen LogP contribution is 2.66. The van der Waals surface area contributed by atoms with Crippen LogP contribution in [0.1, 0.15) is 86.5 Å². The molecule has 0 amide bonds. The number of esters is 1. The van der Waals surface area contributed by atoms with Crippen LogP contribution in [0.5, 0.6) is 0 Å². The highest BCUT2D eigenvalue weighted by Gasteiger charge is 2.62. The van der Waals surface area contributed by atoms with Crippen LogP contribution in [0.25, 0.3) is 0 Å². The molecule has 2 fully saturated rings. The summed E-state index contributed by atoms with van der Waals surface area (Å²) in [5.41, 5.74) is -0.104. The third kappa shape index (κ3) is 4.34. The van der Waals surface area contributed by atoms with E-state index in [-0.39, 0.29) is 29.0 Å². The van der Waals surface area contributed by atoms with Crippen LogP contribution in [0, 0.1) is 34.5 Å². The number of aliphatic hydroxyl groups excluding tert-OH is 2. The molecule has 0 saturated heterocycles. The minimum absolute atomic E-state index is 0.0502. The van der Waals surface area contributed by atoms with Crippen molar-refractivity contribution in [1.82, 2.24) is 0 Å². The molecule has 6 nitrogen and oxygen atoms in total. The molecule has 2 saturated carbocycles. The second kappa shape index (κ2) is 9.11. The molecular formula is C29H44O6. The van der Waals surface area contributed by atoms with E-state index < -0.39 is 35.3 Å². The summed E-state index contributed by atoms with van der Waals surface area (Å²) >= 11 is 0. The minimum Gasteiger partial charge on any atom is -0.459 e. The number of aliphatic hydroxyl groups is 3. The lowest BCUT2D eigenvalue weighted by Crippen LogP contribution is -2.55. The lowest BCUT2D eigenvalue weighted by molar-refractivity contribution is -0.154. The van der Waals surface area contributed by atoms with Crippen molar-refractivity contribution in [3.8, 4) is 0 Å². The van der Waals surface area contributed by atoms with Crippen LogP contribution in [0.15, 0.2) is 23.3 Å². The van der Waals surface area contributed by atoms with Crippen LogP contribution in [0.4, 0.5) is 0 Å². The molecule has 196 valence electrons. The number of allylic oxidation sites excluding steroid dienone is 3. The Kier molecular flexibility index (Phi) is 6.91. The van der Waals surface area contributed by atoms with Crippen molar-refractivity contribution in [2.75, 3.05) is 0 Å². The summed E-state index contributed by atoms with van der Waals surface area (Å²) in [4.78, 5) is 25.0. The Morgan fingerprint density at radius 3 is 2.51 bits per heavy atom. The number of rotatable bonds is 6. The topological polar surface area (TPSA) is 104 Å². The summed E-state index contributed by atoms with van der Waals surface area (Å²) in [5.74, 6) is 0.219. The molecular weight excluding hydrogens is 444 g/mol. The Labute approximate surface area is 209 Å². The molecule has 9 unspecified atom stereocenters. The second-order valence-electron chi connectivity index (χ2n) is 12.8. The molecule has 3 N–H and O–H groups in total. The van der Waals surface area contributed by atoms with E-state index >= 15 is 0 Å². The monoisotopic (exact) mass is 488 g/mol. The van der Waals surface area contributed by atoms with E-state index in [0.717, 1.165) is 37.7 Å². The SMILES string of the molecule is CC(=O)OC1CC2(C)C(=CC1O)C(=O)C=C1C2CCC2(C)C1CCC2C(C)(O)C(O)CCC(C)C. The largest absolute Gasteiger partial charge is 0.459 e. The lowest BCUT2D eigenvalue weighted by Gasteiger charge is -2.56. The molecule has 0 aromatic carbocycles. The van der Waals surface area contributed by atoms with E-state index in [1.165, 1.54) is 6.92 Å². The molecule has 35 heavy (non-hydrogen) atoms. The van der Waals surface area contributed by atoms with Gasteiger partial charge >= 0.3 is 5.97 Å². The van der Waals surface area contributed by atoms with Crippen LogP contribution in [-0.2, 0) is 14.3 Å². The molecule has 9 atom stereocenters. The van der Waals surface area contributed by atoms with Crippen molar-refractivity contribution in [2.24, 2.45) is 34.5 Å². The van der Waals surface area contributed by atoms with E-state index in [1.54, 1.807) is 19.1 Å². The van der Waals surface area contributed by atoms with Gasteiger partial charge < -0.3 is 20.1 Å². The molecule has 0 aromatic rings. The maximum atomic E-state index is 13.3. The third-order valence-corrected chi connectivity index (χ3v) is 10.1. The summed E-state index contributed by atoms with van der Waals surface area (Å²) < 4.78 is 5.44. The number of ketones is 1. The Morgan fingerprint density at radius 1 is 1.20 bits per heavy atom. The third-order valence-electron chi connectivity index (χ3n) is 10.1. The molecule has 0 bridgehead atoms. The predicted octanol–water partition coefficient (Wildman–Crippen LogP) is 4.12. The normalized spacial score (nSPS) is 41.2. The number of fused-ring (bicyclic) bond motifs is 5. The Morgan fingerprint density at radius 2 is 1.89 bits per heavy atom. The van der Waals surface area contributed by atoms with Crippen LogP contribution < -0.4 is 0 Å². The van der Waals surface area contributed by atoms with Gasteiger partial charge in [-0.2, -0.15) is 0 Å². The van der Waals surface area contributed by atoms with Gasteiger partial charge in [-0.05, 0) is 93.1 Å². The minimum atomic E-state index is -1.19. The van der Waals surface area contributed by atoms with Gasteiger partial charge in [0, 0.05) is 17.9 Å². The van der Waals surface area contributed by atoms with Gasteiger partial charge in [0.2, 0.25) is 0 Å². The van der Waals surface area contributed by atoms with E-state index in [0.29, 0.717) is 24.3 Å². The zero-order valence-electron chi connectivity index (χ0n) is 22.2. The average Bonchev–Trinajstić information content (AvgIpc) is 3.11. The van der Waals surface area contributed by atoms with Crippen molar-refractivity contribution in [3.63, 3.8) is 0 Å². The standard InChI is InChI=1S/C29H44O6/c1-16(2)7-10-26(33)29(6,34)25-9-8-19-18-13-22(31)21-14-23(32)24(35-17(3)30)15-28(21,5)20(18)11-12-27(19,25)4/h13-14,16,19-20,23-26,32-34H,7-12,15H2,1-6H3. The zero-order chi connectivity index (χ0) is 25.9. The lowest BCUT2D eigenvalue weighted by atomic mass is 9.49. The van der Waals surface area contributed by atoms with Crippen LogP contribution in [0.3, 0.4) is 0 Å². The fraction of sp³-hybridized carbons (Fsp3) is 0.793. The zero-order valence-corrected chi connectivity index (χ0v) is 22.2. The van der Waals surface area contributed by atoms with Gasteiger partial charge in [0.05, 0.1) is 11.7 Å². The van der Waals surface area contributed by atoms with Crippen molar-refractivity contribution >= 4 is 11.8 Å². The first-order valence-corrected chi connectivity index (χ1v) is 13.5. The maximum absolute atomic E-state index is 13.3. The summed E-state index contributed by atoms with van der Waals surface area (Å²) in [6, 6.07) is 0. The van der Waals surface area contributed by atoms with Crippen LogP contribution in [-0.4, -0.2) is 51.0 Å². The first kappa shape index (κ1) is 26.6. The van der Waals surface area contributed by atoms with E-state index in [1.807, 2.05) is 0 Å². The Bertz CT molecular complexity index is 931. The average molecular weight is 489 g/mol. The number of ether oxygens (including phenoxy) is 1. The molecule has 0 aliphatic heterocycles. The highest BCUT2D eigenvalue weighted by molar-refractivity contribution is 6.07. The molecule has 4 aliphatic carbocycles. The Balaban J connectivity index is 1.64. The van der Waals surface area contributed by atoms with Gasteiger partial charge in [0.15, 0.2) is 5.78 Å². The van der Waals surface area contributed by atoms with Gasteiger partial charge in [0.25, 0.3) is 0 Å². The fourth-order valence-corrected chi connectivity index (χ4v) is 8.22. The van der Waals surface area contributed by atoms with Crippen LogP contribution >= 0.6 is 0 Å². The van der Waals surface area contributed by atoms with E-state index in [4.69, 9.17) is 4.74 Å². The quantitative estimate of drug-likeness (QED) is 0.486. The second-order valence-corrected chi connectivity index (χ2v) is 12.8. The van der Waals surface area contributed by atoms with Crippen molar-refractivity contribution in [3.05, 3.63) is 23.3 Å². The number of carbonyl (C=O) groups is 2. The van der Waals surface area contributed by atoms with Gasteiger partial charge in [-0.15, -0.1) is 0 Å². The summed E-state index contributed by atoms with van der Waals surface area (Å²) in [7, 11) is 0. The smallest absolute Gasteiger partial charge is 0.303 e. The van der Waals surface area contributed by atoms with E-state index in [9.17, 15) is 24.9 Å². The van der Waals surface area contributed by atoms with Crippen LogP contribution in [0.2, 0.25) is 0 Å². The van der Waals surface area contributed by atoms with Gasteiger partial charge in [-0.1, -0.05) is 33.3 Å². The first-order chi connectivity index (χ1) is 16.2. The van der Waals surface area contributed by atoms with Crippen molar-refractivity contribution < 1.29 is 29.6 Å². The molecule has 4 rings (SSSR count). The summed E-state index contributed by atoms with van der Waals surface area (Å²) in [5, 5.41) is 33.2. The predicted molar refractivity (Wildman–Crippen MR) is 133 cm³/mol. The fourth-order valence-electron chi connectivity index (χ4n) is 8.22. The molecule has 4 aliphatic rings. The summed E-state index contributed by atoms with van der Waals surface area (Å²) in [6.45, 7) is 11.7. The molecule has 0 heterocycles. The van der Waals surface area contributed by atoms with E-state index in [2.05, 4.69) is 27.7 Å². The van der Waals surface area contributed by atoms with Gasteiger partial charge in [-0.25, -0.2) is 0 Å². The van der Waals surface area contributed by atoms with Gasteiger partial charge in [-0.3, -0.25) is 9.59 Å². The molecule has 0 spiro atoms. The molecule has 0 radical (unpaired) electrons. The van der Waals surface area contributed by atoms with Crippen molar-refractivity contribution in [2.45, 2.75) is 110 Å². The highest BCUT2D eigenvalue weighted by atomic mass is 16.6. The molecule has 0 aromatic heterocycles. The first-order valence-electron chi connectivity index (χ1n) is 13.5. The summed E-state index contributed by atoms with van der Waals surface area (Å²) in [6.07, 6.45) is 6.32. The number of hydrogen-bond acceptors (Lipinski definition) is 6. The number of carbonyl (C=O) groups excluding carboxylic acids is 2. The molecule has 6 heteroatoms.